The fraction of sp³-hybridized carbons (Fsp3) is 0.364. The monoisotopic (exact) mass is 368 g/mol. The van der Waals surface area contributed by atoms with Crippen molar-refractivity contribution >= 4 is 11.8 Å². The van der Waals surface area contributed by atoms with E-state index in [1.165, 1.54) is 5.56 Å². The van der Waals surface area contributed by atoms with Gasteiger partial charge in [-0.05, 0) is 56.5 Å². The summed E-state index contributed by atoms with van der Waals surface area (Å²) in [5, 5.41) is 2.78. The van der Waals surface area contributed by atoms with Crippen molar-refractivity contribution in [3.8, 4) is 5.75 Å². The van der Waals surface area contributed by atoms with Crippen molar-refractivity contribution < 1.29 is 14.3 Å². The highest BCUT2D eigenvalue weighted by atomic mass is 16.5. The van der Waals surface area contributed by atoms with E-state index in [1.807, 2.05) is 69.3 Å². The second kappa shape index (κ2) is 9.76. The normalized spacial score (nSPS) is 11.6. The molecule has 0 aliphatic carbocycles. The van der Waals surface area contributed by atoms with Crippen molar-refractivity contribution in [1.29, 1.82) is 0 Å². The van der Waals surface area contributed by atoms with Crippen LogP contribution in [0.15, 0.2) is 48.5 Å². The molecule has 0 aliphatic rings. The molecule has 27 heavy (non-hydrogen) atoms. The van der Waals surface area contributed by atoms with Crippen LogP contribution in [0, 0.1) is 13.8 Å². The Hall–Kier alpha value is -2.82. The van der Waals surface area contributed by atoms with E-state index in [0.717, 1.165) is 11.1 Å². The summed E-state index contributed by atoms with van der Waals surface area (Å²) in [6.45, 7) is 8.39. The molecule has 0 spiro atoms. The van der Waals surface area contributed by atoms with E-state index in [4.69, 9.17) is 4.74 Å². The van der Waals surface area contributed by atoms with Crippen molar-refractivity contribution in [3.05, 3.63) is 65.2 Å². The van der Waals surface area contributed by atoms with Crippen LogP contribution in [0.3, 0.4) is 0 Å². The van der Waals surface area contributed by atoms with E-state index in [9.17, 15) is 9.59 Å². The number of hydrogen-bond acceptors (Lipinski definition) is 3. The summed E-state index contributed by atoms with van der Waals surface area (Å²) in [5.41, 5.74) is 3.24. The van der Waals surface area contributed by atoms with Crippen LogP contribution in [0.1, 0.15) is 30.5 Å². The topological polar surface area (TPSA) is 58.6 Å². The van der Waals surface area contributed by atoms with Gasteiger partial charge in [-0.1, -0.05) is 36.4 Å². The molecule has 0 saturated carbocycles. The van der Waals surface area contributed by atoms with Crippen molar-refractivity contribution in [2.75, 3.05) is 13.2 Å². The molecule has 0 bridgehead atoms. The maximum atomic E-state index is 12.8. The molecule has 2 amide bonds. The van der Waals surface area contributed by atoms with Crippen molar-refractivity contribution in [3.63, 3.8) is 0 Å². The fourth-order valence-electron chi connectivity index (χ4n) is 2.72. The summed E-state index contributed by atoms with van der Waals surface area (Å²) in [5.74, 6) is 0.251. The number of aryl methyl sites for hydroxylation is 2. The Morgan fingerprint density at radius 1 is 1.07 bits per heavy atom. The Bertz CT molecular complexity index is 774. The third-order valence-corrected chi connectivity index (χ3v) is 4.55. The zero-order chi connectivity index (χ0) is 19.8. The first-order valence-corrected chi connectivity index (χ1v) is 9.23. The molecule has 0 saturated heterocycles. The van der Waals surface area contributed by atoms with Crippen LogP contribution in [0.4, 0.5) is 0 Å². The number of carbonyl (C=O) groups is 2. The molecule has 144 valence electrons. The molecule has 0 unspecified atom stereocenters. The SMILES string of the molecule is CCNC(=O)[C@@H](C)N(Cc1ccccc1)C(=O)COc1ccc(C)c(C)c1. The van der Waals surface area contributed by atoms with Crippen LogP contribution in [0.5, 0.6) is 5.75 Å². The zero-order valence-corrected chi connectivity index (χ0v) is 16.5. The number of ether oxygens (including phenoxy) is 1. The molecule has 2 rings (SSSR count). The van der Waals surface area contributed by atoms with Gasteiger partial charge >= 0.3 is 0 Å². The minimum atomic E-state index is -0.582. The molecule has 0 heterocycles. The summed E-state index contributed by atoms with van der Waals surface area (Å²) in [4.78, 5) is 26.7. The maximum absolute atomic E-state index is 12.8. The third kappa shape index (κ3) is 5.84. The van der Waals surface area contributed by atoms with Gasteiger partial charge in [0.15, 0.2) is 6.61 Å². The van der Waals surface area contributed by atoms with Gasteiger partial charge in [-0.3, -0.25) is 9.59 Å². The van der Waals surface area contributed by atoms with E-state index >= 15 is 0 Å². The Kier molecular flexibility index (Phi) is 7.41. The third-order valence-electron chi connectivity index (χ3n) is 4.55. The minimum Gasteiger partial charge on any atom is -0.484 e. The summed E-state index contributed by atoms with van der Waals surface area (Å²) in [6, 6.07) is 14.8. The van der Waals surface area contributed by atoms with Gasteiger partial charge in [0, 0.05) is 13.1 Å². The number of likely N-dealkylation sites (N-methyl/N-ethyl adjacent to an activating group) is 1. The van der Waals surface area contributed by atoms with E-state index in [2.05, 4.69) is 5.32 Å². The summed E-state index contributed by atoms with van der Waals surface area (Å²) < 4.78 is 5.69. The molecule has 0 aromatic heterocycles. The maximum Gasteiger partial charge on any atom is 0.261 e. The second-order valence-electron chi connectivity index (χ2n) is 6.61. The number of nitrogens with one attached hydrogen (secondary N) is 1. The van der Waals surface area contributed by atoms with Gasteiger partial charge in [-0.15, -0.1) is 0 Å². The molecule has 2 aromatic rings. The largest absolute Gasteiger partial charge is 0.484 e. The predicted octanol–water partition coefficient (Wildman–Crippen LogP) is 3.24. The van der Waals surface area contributed by atoms with Crippen LogP contribution in [-0.2, 0) is 16.1 Å². The highest BCUT2D eigenvalue weighted by Gasteiger charge is 2.26. The Labute approximate surface area is 161 Å². The molecule has 0 aliphatic heterocycles. The van der Waals surface area contributed by atoms with Crippen molar-refractivity contribution in [1.82, 2.24) is 10.2 Å². The van der Waals surface area contributed by atoms with Gasteiger partial charge in [-0.2, -0.15) is 0 Å². The summed E-state index contributed by atoms with van der Waals surface area (Å²) >= 11 is 0. The van der Waals surface area contributed by atoms with Crippen molar-refractivity contribution in [2.45, 2.75) is 40.3 Å². The standard InChI is InChI=1S/C22H28N2O3/c1-5-23-22(26)18(4)24(14-19-9-7-6-8-10-19)21(25)15-27-20-12-11-16(2)17(3)13-20/h6-13,18H,5,14-15H2,1-4H3,(H,23,26)/t18-/m1/s1. The first-order chi connectivity index (χ1) is 12.9. The van der Waals surface area contributed by atoms with Gasteiger partial charge in [0.1, 0.15) is 11.8 Å². The summed E-state index contributed by atoms with van der Waals surface area (Å²) in [6.07, 6.45) is 0. The van der Waals surface area contributed by atoms with E-state index < -0.39 is 6.04 Å². The summed E-state index contributed by atoms with van der Waals surface area (Å²) in [7, 11) is 0. The van der Waals surface area contributed by atoms with E-state index in [0.29, 0.717) is 18.8 Å². The molecule has 5 heteroatoms. The van der Waals surface area contributed by atoms with Crippen LogP contribution in [0.2, 0.25) is 0 Å². The smallest absolute Gasteiger partial charge is 0.261 e. The van der Waals surface area contributed by atoms with Crippen LogP contribution < -0.4 is 10.1 Å². The number of carbonyl (C=O) groups excluding carboxylic acids is 2. The van der Waals surface area contributed by atoms with Crippen LogP contribution in [0.25, 0.3) is 0 Å². The molecule has 2 aromatic carbocycles. The molecule has 5 nitrogen and oxygen atoms in total. The van der Waals surface area contributed by atoms with Crippen molar-refractivity contribution in [2.24, 2.45) is 0 Å². The molecule has 1 atom stereocenters. The minimum absolute atomic E-state index is 0.112. The highest BCUT2D eigenvalue weighted by molar-refractivity contribution is 5.87. The van der Waals surface area contributed by atoms with Gasteiger partial charge in [0.25, 0.3) is 5.91 Å². The predicted molar refractivity (Wildman–Crippen MR) is 107 cm³/mol. The van der Waals surface area contributed by atoms with E-state index in [-0.39, 0.29) is 18.4 Å². The van der Waals surface area contributed by atoms with Gasteiger partial charge in [0.2, 0.25) is 5.91 Å². The first-order valence-electron chi connectivity index (χ1n) is 9.23. The Morgan fingerprint density at radius 3 is 2.41 bits per heavy atom. The number of amides is 2. The average Bonchev–Trinajstić information content (AvgIpc) is 2.67. The lowest BCUT2D eigenvalue weighted by Crippen LogP contribution is -2.49. The van der Waals surface area contributed by atoms with Crippen LogP contribution in [-0.4, -0.2) is 35.9 Å². The zero-order valence-electron chi connectivity index (χ0n) is 16.5. The molecule has 0 fully saturated rings. The molecular weight excluding hydrogens is 340 g/mol. The molecular formula is C22H28N2O3. The lowest BCUT2D eigenvalue weighted by Gasteiger charge is -2.28. The number of rotatable bonds is 8. The number of benzene rings is 2. The van der Waals surface area contributed by atoms with Gasteiger partial charge < -0.3 is 15.0 Å². The van der Waals surface area contributed by atoms with Crippen LogP contribution >= 0.6 is 0 Å². The fourth-order valence-corrected chi connectivity index (χ4v) is 2.72. The van der Waals surface area contributed by atoms with E-state index in [1.54, 1.807) is 11.8 Å². The second-order valence-corrected chi connectivity index (χ2v) is 6.61. The Morgan fingerprint density at radius 2 is 1.78 bits per heavy atom. The molecule has 0 radical (unpaired) electrons. The number of nitrogens with zero attached hydrogens (tertiary/aromatic N) is 1. The van der Waals surface area contributed by atoms with Gasteiger partial charge in [0.05, 0.1) is 0 Å². The quantitative estimate of drug-likeness (QED) is 0.778. The average molecular weight is 368 g/mol. The lowest BCUT2D eigenvalue weighted by atomic mass is 10.1. The molecule has 1 N–H and O–H groups in total. The van der Waals surface area contributed by atoms with Gasteiger partial charge in [-0.25, -0.2) is 0 Å². The number of hydrogen-bond donors (Lipinski definition) is 1. The first kappa shape index (κ1) is 20.5. The highest BCUT2D eigenvalue weighted by Crippen LogP contribution is 2.17. The Balaban J connectivity index is 2.11. The lowest BCUT2D eigenvalue weighted by molar-refractivity contribution is -0.142.